The molecular formula is C15H20ClN3O2S. The summed E-state index contributed by atoms with van der Waals surface area (Å²) in [7, 11) is 0. The molecule has 1 aliphatic rings. The van der Waals surface area contributed by atoms with Gasteiger partial charge in [0.25, 0.3) is 0 Å². The van der Waals surface area contributed by atoms with Crippen LogP contribution in [0, 0.1) is 0 Å². The van der Waals surface area contributed by atoms with Gasteiger partial charge in [0.15, 0.2) is 5.11 Å². The van der Waals surface area contributed by atoms with Crippen LogP contribution in [-0.4, -0.2) is 41.8 Å². The number of carbonyl (C=O) groups excluding carboxylic acids is 1. The normalized spacial score (nSPS) is 15.3. The second-order valence-corrected chi connectivity index (χ2v) is 5.91. The van der Waals surface area contributed by atoms with Crippen molar-refractivity contribution in [1.29, 1.82) is 0 Å². The maximum Gasteiger partial charge on any atom is 0.409 e. The zero-order valence-corrected chi connectivity index (χ0v) is 14.0. The van der Waals surface area contributed by atoms with Crippen LogP contribution in [0.3, 0.4) is 0 Å². The van der Waals surface area contributed by atoms with Crippen molar-refractivity contribution in [2.24, 2.45) is 0 Å². The van der Waals surface area contributed by atoms with Crippen molar-refractivity contribution >= 4 is 40.7 Å². The highest BCUT2D eigenvalue weighted by Gasteiger charge is 2.23. The predicted molar refractivity (Wildman–Crippen MR) is 92.4 cm³/mol. The Bertz CT molecular complexity index is 533. The lowest BCUT2D eigenvalue weighted by molar-refractivity contribution is 0.0964. The van der Waals surface area contributed by atoms with E-state index in [-0.39, 0.29) is 12.1 Å². The van der Waals surface area contributed by atoms with Crippen LogP contribution in [0.25, 0.3) is 0 Å². The van der Waals surface area contributed by atoms with Crippen LogP contribution >= 0.6 is 23.8 Å². The van der Waals surface area contributed by atoms with Crippen LogP contribution in [0.1, 0.15) is 19.8 Å². The molecule has 0 bridgehead atoms. The van der Waals surface area contributed by atoms with Gasteiger partial charge in [0.2, 0.25) is 0 Å². The summed E-state index contributed by atoms with van der Waals surface area (Å²) in [6, 6.07) is 7.66. The van der Waals surface area contributed by atoms with Crippen molar-refractivity contribution in [3.05, 3.63) is 29.3 Å². The number of likely N-dealkylation sites (tertiary alicyclic amines) is 1. The first-order chi connectivity index (χ1) is 10.6. The summed E-state index contributed by atoms with van der Waals surface area (Å²) in [6.45, 7) is 3.57. The molecule has 7 heteroatoms. The largest absolute Gasteiger partial charge is 0.450 e. The van der Waals surface area contributed by atoms with E-state index >= 15 is 0 Å². The van der Waals surface area contributed by atoms with Gasteiger partial charge in [-0.25, -0.2) is 4.79 Å². The molecule has 120 valence electrons. The molecule has 0 saturated carbocycles. The van der Waals surface area contributed by atoms with Gasteiger partial charge in [-0.2, -0.15) is 0 Å². The van der Waals surface area contributed by atoms with Crippen molar-refractivity contribution in [2.45, 2.75) is 25.8 Å². The summed E-state index contributed by atoms with van der Waals surface area (Å²) in [4.78, 5) is 13.4. The first kappa shape index (κ1) is 16.8. The second kappa shape index (κ2) is 8.19. The molecule has 5 nitrogen and oxygen atoms in total. The number of carbonyl (C=O) groups is 1. The van der Waals surface area contributed by atoms with Crippen LogP contribution in [0.15, 0.2) is 24.3 Å². The van der Waals surface area contributed by atoms with Crippen molar-refractivity contribution in [3.63, 3.8) is 0 Å². The molecule has 0 atom stereocenters. The Morgan fingerprint density at radius 1 is 1.45 bits per heavy atom. The fraction of sp³-hybridized carbons (Fsp3) is 0.467. The van der Waals surface area contributed by atoms with Gasteiger partial charge < -0.3 is 20.3 Å². The van der Waals surface area contributed by atoms with E-state index in [0.717, 1.165) is 18.5 Å². The third kappa shape index (κ3) is 5.03. The molecule has 22 heavy (non-hydrogen) atoms. The summed E-state index contributed by atoms with van der Waals surface area (Å²) >= 11 is 11.3. The van der Waals surface area contributed by atoms with Crippen molar-refractivity contribution < 1.29 is 9.53 Å². The number of anilines is 1. The van der Waals surface area contributed by atoms with E-state index in [1.165, 1.54) is 0 Å². The molecule has 0 unspecified atom stereocenters. The third-order valence-corrected chi connectivity index (χ3v) is 3.89. The van der Waals surface area contributed by atoms with Crippen molar-refractivity contribution in [1.82, 2.24) is 10.2 Å². The minimum Gasteiger partial charge on any atom is -0.450 e. The lowest BCUT2D eigenvalue weighted by Crippen LogP contribution is -2.47. The highest BCUT2D eigenvalue weighted by molar-refractivity contribution is 7.80. The SMILES string of the molecule is CCOC(=O)N1CCC(NC(=S)Nc2cccc(Cl)c2)CC1. The quantitative estimate of drug-likeness (QED) is 0.827. The maximum atomic E-state index is 11.6. The van der Waals surface area contributed by atoms with Crippen molar-refractivity contribution in [3.8, 4) is 0 Å². The van der Waals surface area contributed by atoms with Gasteiger partial charge in [-0.3, -0.25) is 0 Å². The number of benzene rings is 1. The zero-order chi connectivity index (χ0) is 15.9. The molecule has 1 aromatic rings. The van der Waals surface area contributed by atoms with Crippen LogP contribution in [0.4, 0.5) is 10.5 Å². The Balaban J connectivity index is 1.76. The van der Waals surface area contributed by atoms with Gasteiger partial charge in [0.05, 0.1) is 6.61 Å². The predicted octanol–water partition coefficient (Wildman–Crippen LogP) is 3.25. The van der Waals surface area contributed by atoms with Crippen LogP contribution in [-0.2, 0) is 4.74 Å². The first-order valence-electron chi connectivity index (χ1n) is 7.33. The molecule has 0 radical (unpaired) electrons. The van der Waals surface area contributed by atoms with Crippen LogP contribution in [0.5, 0.6) is 0 Å². The molecule has 2 rings (SSSR count). The summed E-state index contributed by atoms with van der Waals surface area (Å²) in [5.41, 5.74) is 0.856. The van der Waals surface area contributed by atoms with Gasteiger partial charge in [0.1, 0.15) is 0 Å². The number of halogens is 1. The van der Waals surface area contributed by atoms with E-state index in [1.807, 2.05) is 31.2 Å². The van der Waals surface area contributed by atoms with E-state index < -0.39 is 0 Å². The van der Waals surface area contributed by atoms with E-state index in [2.05, 4.69) is 10.6 Å². The second-order valence-electron chi connectivity index (χ2n) is 5.07. The molecule has 1 amide bonds. The fourth-order valence-electron chi connectivity index (χ4n) is 2.34. The Morgan fingerprint density at radius 3 is 2.82 bits per heavy atom. The van der Waals surface area contributed by atoms with E-state index in [1.54, 1.807) is 4.90 Å². The van der Waals surface area contributed by atoms with Gasteiger partial charge >= 0.3 is 6.09 Å². The highest BCUT2D eigenvalue weighted by Crippen LogP contribution is 2.15. The number of hydrogen-bond donors (Lipinski definition) is 2. The van der Waals surface area contributed by atoms with Crippen molar-refractivity contribution in [2.75, 3.05) is 25.0 Å². The Labute approximate surface area is 141 Å². The molecular weight excluding hydrogens is 322 g/mol. The number of hydrogen-bond acceptors (Lipinski definition) is 3. The number of ether oxygens (including phenoxy) is 1. The summed E-state index contributed by atoms with van der Waals surface area (Å²) in [5.74, 6) is 0. The fourth-order valence-corrected chi connectivity index (χ4v) is 2.81. The Hall–Kier alpha value is -1.53. The summed E-state index contributed by atoms with van der Waals surface area (Å²) in [6.07, 6.45) is 1.45. The molecule has 0 aromatic heterocycles. The minimum absolute atomic E-state index is 0.236. The number of amides is 1. The number of piperidine rings is 1. The third-order valence-electron chi connectivity index (χ3n) is 3.44. The van der Waals surface area contributed by atoms with Gasteiger partial charge in [-0.1, -0.05) is 17.7 Å². The molecule has 0 aliphatic carbocycles. The van der Waals surface area contributed by atoms with Gasteiger partial charge in [-0.05, 0) is 50.2 Å². The standard InChI is InChI=1S/C15H20ClN3O2S/c1-2-21-15(20)19-8-6-12(7-9-19)17-14(22)18-13-5-3-4-11(16)10-13/h3-5,10,12H,2,6-9H2,1H3,(H2,17,18,22). The van der Waals surface area contributed by atoms with Crippen LogP contribution < -0.4 is 10.6 Å². The average Bonchev–Trinajstić information content (AvgIpc) is 2.48. The summed E-state index contributed by atoms with van der Waals surface area (Å²) < 4.78 is 5.00. The smallest absolute Gasteiger partial charge is 0.409 e. The number of nitrogens with one attached hydrogen (secondary N) is 2. The number of thiocarbonyl (C=S) groups is 1. The maximum absolute atomic E-state index is 11.6. The topological polar surface area (TPSA) is 53.6 Å². The van der Waals surface area contributed by atoms with Gasteiger partial charge in [-0.15, -0.1) is 0 Å². The molecule has 1 saturated heterocycles. The molecule has 1 heterocycles. The van der Waals surface area contributed by atoms with E-state index in [4.69, 9.17) is 28.6 Å². The highest BCUT2D eigenvalue weighted by atomic mass is 35.5. The zero-order valence-electron chi connectivity index (χ0n) is 12.5. The number of rotatable bonds is 3. The molecule has 1 fully saturated rings. The minimum atomic E-state index is -0.236. The molecule has 1 aliphatic heterocycles. The molecule has 1 aromatic carbocycles. The number of nitrogens with zero attached hydrogens (tertiary/aromatic N) is 1. The molecule has 2 N–H and O–H groups in total. The molecule has 0 spiro atoms. The van der Waals surface area contributed by atoms with Gasteiger partial charge in [0, 0.05) is 29.8 Å². The Morgan fingerprint density at radius 2 is 2.18 bits per heavy atom. The average molecular weight is 342 g/mol. The van der Waals surface area contributed by atoms with Crippen LogP contribution in [0.2, 0.25) is 5.02 Å². The van der Waals surface area contributed by atoms with E-state index in [9.17, 15) is 4.79 Å². The Kier molecular flexibility index (Phi) is 6.27. The lowest BCUT2D eigenvalue weighted by Gasteiger charge is -2.32. The lowest BCUT2D eigenvalue weighted by atomic mass is 10.1. The van der Waals surface area contributed by atoms with E-state index in [0.29, 0.717) is 29.8 Å². The summed E-state index contributed by atoms with van der Waals surface area (Å²) in [5, 5.41) is 7.62. The monoisotopic (exact) mass is 341 g/mol. The first-order valence-corrected chi connectivity index (χ1v) is 8.12.